The summed E-state index contributed by atoms with van der Waals surface area (Å²) < 4.78 is 14.2. The zero-order valence-electron chi connectivity index (χ0n) is 27.7. The Morgan fingerprint density at radius 2 is 1.51 bits per heavy atom. The minimum Gasteiger partial charge on any atom is -0.414 e. The Balaban J connectivity index is 1.62. The van der Waals surface area contributed by atoms with Crippen LogP contribution in [0.25, 0.3) is 0 Å². The van der Waals surface area contributed by atoms with Gasteiger partial charge >= 0.3 is 0 Å². The van der Waals surface area contributed by atoms with Gasteiger partial charge in [-0.15, -0.1) is 0 Å². The smallest absolute Gasteiger partial charge is 0.192 e. The van der Waals surface area contributed by atoms with Gasteiger partial charge in [-0.3, -0.25) is 0 Å². The van der Waals surface area contributed by atoms with E-state index in [2.05, 4.69) is 93.7 Å². The summed E-state index contributed by atoms with van der Waals surface area (Å²) >= 11 is 0. The average molecular weight is 572 g/mol. The number of rotatable bonds is 6. The van der Waals surface area contributed by atoms with Gasteiger partial charge < -0.3 is 8.85 Å². The van der Waals surface area contributed by atoms with E-state index >= 15 is 0 Å². The number of hydrogen-bond donors (Lipinski definition) is 0. The second-order valence-electron chi connectivity index (χ2n) is 17.6. The van der Waals surface area contributed by atoms with Crippen molar-refractivity contribution < 1.29 is 8.85 Å². The van der Waals surface area contributed by atoms with Crippen molar-refractivity contribution in [1.82, 2.24) is 0 Å². The molecule has 0 aromatic carbocycles. The van der Waals surface area contributed by atoms with Crippen LogP contribution in [-0.4, -0.2) is 28.8 Å². The van der Waals surface area contributed by atoms with Crippen molar-refractivity contribution in [1.29, 1.82) is 5.26 Å². The van der Waals surface area contributed by atoms with Crippen LogP contribution in [0.2, 0.25) is 36.3 Å². The van der Waals surface area contributed by atoms with Crippen LogP contribution in [-0.2, 0) is 8.85 Å². The van der Waals surface area contributed by atoms with E-state index in [0.717, 1.165) is 25.2 Å². The molecule has 0 aliphatic heterocycles. The summed E-state index contributed by atoms with van der Waals surface area (Å²) in [5.74, 6) is 1.43. The van der Waals surface area contributed by atoms with Gasteiger partial charge in [-0.25, -0.2) is 0 Å². The molecule has 4 aliphatic rings. The summed E-state index contributed by atoms with van der Waals surface area (Å²) in [4.78, 5) is 0. The Bertz CT molecular complexity index is 998. The summed E-state index contributed by atoms with van der Waals surface area (Å²) in [6.45, 7) is 29.1. The molecule has 0 spiro atoms. The molecule has 3 nitrogen and oxygen atoms in total. The van der Waals surface area contributed by atoms with Crippen molar-refractivity contribution >= 4 is 16.6 Å². The maximum absolute atomic E-state index is 9.70. The van der Waals surface area contributed by atoms with Gasteiger partial charge in [0.05, 0.1) is 12.2 Å². The Kier molecular flexibility index (Phi) is 8.16. The van der Waals surface area contributed by atoms with Gasteiger partial charge in [0, 0.05) is 12.5 Å². The maximum atomic E-state index is 9.70. The van der Waals surface area contributed by atoms with Crippen LogP contribution in [0.5, 0.6) is 0 Å². The van der Waals surface area contributed by atoms with E-state index in [1.165, 1.54) is 38.5 Å². The Hall–Kier alpha value is -0.416. The van der Waals surface area contributed by atoms with Gasteiger partial charge in [0.15, 0.2) is 16.6 Å². The lowest BCUT2D eigenvalue weighted by Crippen LogP contribution is -2.57. The lowest BCUT2D eigenvalue weighted by Gasteiger charge is -2.63. The third-order valence-electron chi connectivity index (χ3n) is 13.5. The second-order valence-corrected chi connectivity index (χ2v) is 27.1. The average Bonchev–Trinajstić information content (AvgIpc) is 3.12. The molecule has 5 heteroatoms. The SMILES string of the molecule is CC(C)(C)[Si](C)(C)O[C@H]1CC[C@]2(C)C3=CC[C@]4(C)[C@@H](O[Si](C)(C)C(C)(C)C)CC[C@H]4[C@@H]3CC[C@]2(CCC#N)C1. The summed E-state index contributed by atoms with van der Waals surface area (Å²) in [6, 6.07) is 2.54. The molecule has 222 valence electrons. The monoisotopic (exact) mass is 571 g/mol. The van der Waals surface area contributed by atoms with Gasteiger partial charge in [-0.1, -0.05) is 67.0 Å². The van der Waals surface area contributed by atoms with Crippen molar-refractivity contribution in [2.45, 2.75) is 168 Å². The lowest BCUT2D eigenvalue weighted by atomic mass is 9.42. The molecule has 0 aromatic heterocycles. The summed E-state index contributed by atoms with van der Waals surface area (Å²) in [7, 11) is -3.64. The van der Waals surface area contributed by atoms with Crippen LogP contribution >= 0.6 is 0 Å². The molecule has 0 heterocycles. The molecular formula is C34H61NO2Si2. The molecule has 0 saturated heterocycles. The molecule has 0 unspecified atom stereocenters. The van der Waals surface area contributed by atoms with Crippen molar-refractivity contribution in [2.24, 2.45) is 28.1 Å². The van der Waals surface area contributed by atoms with E-state index in [9.17, 15) is 5.26 Å². The number of hydrogen-bond acceptors (Lipinski definition) is 3. The van der Waals surface area contributed by atoms with Crippen LogP contribution in [0.15, 0.2) is 11.6 Å². The molecule has 39 heavy (non-hydrogen) atoms. The van der Waals surface area contributed by atoms with Crippen LogP contribution in [0.3, 0.4) is 0 Å². The highest BCUT2D eigenvalue weighted by molar-refractivity contribution is 6.74. The zero-order valence-corrected chi connectivity index (χ0v) is 29.7. The zero-order chi connectivity index (χ0) is 29.3. The molecule has 4 rings (SSSR count). The fourth-order valence-electron chi connectivity index (χ4n) is 8.82. The van der Waals surface area contributed by atoms with Gasteiger partial charge in [0.1, 0.15) is 0 Å². The quantitative estimate of drug-likeness (QED) is 0.235. The van der Waals surface area contributed by atoms with Crippen LogP contribution in [0.1, 0.15) is 120 Å². The molecule has 0 radical (unpaired) electrons. The number of allylic oxidation sites excluding steroid dienone is 2. The lowest BCUT2D eigenvalue weighted by molar-refractivity contribution is -0.0851. The van der Waals surface area contributed by atoms with E-state index in [-0.39, 0.29) is 26.3 Å². The van der Waals surface area contributed by atoms with E-state index < -0.39 is 16.6 Å². The van der Waals surface area contributed by atoms with Gasteiger partial charge in [0.2, 0.25) is 0 Å². The number of nitrogens with zero attached hydrogens (tertiary/aromatic N) is 1. The minimum atomic E-state index is -1.83. The fraction of sp³-hybridized carbons (Fsp3) is 0.912. The van der Waals surface area contributed by atoms with Crippen LogP contribution in [0, 0.1) is 39.4 Å². The first-order chi connectivity index (χ1) is 17.7. The standard InChI is InChI=1S/C34H61NO2Si2/c1-30(2,3)38(9,10)36-25-16-21-33(8)28-18-20-32(7)27(14-15-29(32)37-39(11,12)31(4,5)6)26(28)17-22-34(33,24-25)19-13-23-35/h18,25-27,29H,13-17,19-22,24H2,1-12H3/t25-,26-,27-,29-,32-,33+,34+/m0/s1. The summed E-state index contributed by atoms with van der Waals surface area (Å²) in [5, 5.41) is 10.2. The topological polar surface area (TPSA) is 42.2 Å². The molecular weight excluding hydrogens is 511 g/mol. The molecule has 0 aromatic rings. The molecule has 0 bridgehead atoms. The Morgan fingerprint density at radius 3 is 2.10 bits per heavy atom. The van der Waals surface area contributed by atoms with Crippen molar-refractivity contribution in [3.63, 3.8) is 0 Å². The second kappa shape index (κ2) is 10.1. The highest BCUT2D eigenvalue weighted by Crippen LogP contribution is 2.70. The van der Waals surface area contributed by atoms with Crippen molar-refractivity contribution in [2.75, 3.05) is 0 Å². The van der Waals surface area contributed by atoms with Crippen molar-refractivity contribution in [3.8, 4) is 6.07 Å². The van der Waals surface area contributed by atoms with E-state index in [0.29, 0.717) is 24.5 Å². The summed E-state index contributed by atoms with van der Waals surface area (Å²) in [6.07, 6.45) is 14.9. The van der Waals surface area contributed by atoms with E-state index in [1.807, 2.05) is 0 Å². The number of fused-ring (bicyclic) bond motifs is 5. The van der Waals surface area contributed by atoms with Crippen molar-refractivity contribution in [3.05, 3.63) is 11.6 Å². The molecule has 3 saturated carbocycles. The van der Waals surface area contributed by atoms with Crippen LogP contribution in [0.4, 0.5) is 0 Å². The predicted molar refractivity (Wildman–Crippen MR) is 170 cm³/mol. The Labute approximate surface area is 244 Å². The Morgan fingerprint density at radius 1 is 0.897 bits per heavy atom. The van der Waals surface area contributed by atoms with Gasteiger partial charge in [-0.2, -0.15) is 5.26 Å². The molecule has 4 aliphatic carbocycles. The molecule has 0 N–H and O–H groups in total. The van der Waals surface area contributed by atoms with Gasteiger partial charge in [-0.05, 0) is 122 Å². The minimum absolute atomic E-state index is 0.194. The van der Waals surface area contributed by atoms with Gasteiger partial charge in [0.25, 0.3) is 0 Å². The normalized spacial score (nSPS) is 39.3. The highest BCUT2D eigenvalue weighted by atomic mass is 28.4. The first-order valence-electron chi connectivity index (χ1n) is 16.2. The molecule has 7 atom stereocenters. The highest BCUT2D eigenvalue weighted by Gasteiger charge is 2.63. The number of nitriles is 1. The first-order valence-corrected chi connectivity index (χ1v) is 22.0. The fourth-order valence-corrected chi connectivity index (χ4v) is 11.7. The van der Waals surface area contributed by atoms with Crippen LogP contribution < -0.4 is 0 Å². The third kappa shape index (κ3) is 5.21. The third-order valence-corrected chi connectivity index (χ3v) is 22.5. The van der Waals surface area contributed by atoms with E-state index in [1.54, 1.807) is 5.57 Å². The predicted octanol–water partition coefficient (Wildman–Crippen LogP) is 10.4. The first kappa shape index (κ1) is 31.5. The summed E-state index contributed by atoms with van der Waals surface area (Å²) in [5.41, 5.74) is 2.42. The van der Waals surface area contributed by atoms with E-state index in [4.69, 9.17) is 8.85 Å². The molecule has 3 fully saturated rings. The maximum Gasteiger partial charge on any atom is 0.192 e. The molecule has 0 amide bonds. The largest absolute Gasteiger partial charge is 0.414 e.